The molecule has 1 amide bonds. The van der Waals surface area contributed by atoms with Gasteiger partial charge in [-0.25, -0.2) is 0 Å². The largest absolute Gasteiger partial charge is 0.356 e. The molecule has 3 nitrogen and oxygen atoms in total. The normalized spacial score (nSPS) is 27.7. The van der Waals surface area contributed by atoms with Crippen LogP contribution in [0.25, 0.3) is 0 Å². The van der Waals surface area contributed by atoms with Gasteiger partial charge in [0.1, 0.15) is 0 Å². The quantitative estimate of drug-likeness (QED) is 0.728. The van der Waals surface area contributed by atoms with Crippen LogP contribution >= 0.6 is 0 Å². The Bertz CT molecular complexity index is 206. The molecule has 0 aliphatic heterocycles. The molecular weight excluding hydrogens is 188 g/mol. The highest BCUT2D eigenvalue weighted by molar-refractivity contribution is 5.76. The summed E-state index contributed by atoms with van der Waals surface area (Å²) in [6.07, 6.45) is 5.23. The lowest BCUT2D eigenvalue weighted by molar-refractivity contribution is -0.121. The first kappa shape index (κ1) is 12.5. The lowest BCUT2D eigenvalue weighted by Crippen LogP contribution is -2.34. The van der Waals surface area contributed by atoms with Gasteiger partial charge in [-0.05, 0) is 24.7 Å². The molecule has 88 valence electrons. The lowest BCUT2D eigenvalue weighted by atomic mass is 9.98. The van der Waals surface area contributed by atoms with Crippen LogP contribution in [0.1, 0.15) is 46.0 Å². The van der Waals surface area contributed by atoms with E-state index in [4.69, 9.17) is 5.73 Å². The second-order valence-electron chi connectivity index (χ2n) is 4.84. The molecule has 0 aromatic carbocycles. The topological polar surface area (TPSA) is 55.1 Å². The fourth-order valence-electron chi connectivity index (χ4n) is 2.23. The van der Waals surface area contributed by atoms with Crippen molar-refractivity contribution in [1.82, 2.24) is 5.32 Å². The monoisotopic (exact) mass is 212 g/mol. The molecule has 0 heterocycles. The first-order valence-electron chi connectivity index (χ1n) is 6.15. The van der Waals surface area contributed by atoms with Gasteiger partial charge in [0.05, 0.1) is 0 Å². The minimum atomic E-state index is 0.0194. The van der Waals surface area contributed by atoms with E-state index in [1.54, 1.807) is 0 Å². The molecule has 0 saturated heterocycles. The summed E-state index contributed by atoms with van der Waals surface area (Å²) in [6.45, 7) is 5.13. The Morgan fingerprint density at radius 3 is 2.80 bits per heavy atom. The van der Waals surface area contributed by atoms with E-state index in [1.165, 1.54) is 19.3 Å². The van der Waals surface area contributed by atoms with Crippen molar-refractivity contribution in [3.8, 4) is 0 Å². The molecule has 0 bridgehead atoms. The maximum atomic E-state index is 11.5. The number of carbonyl (C=O) groups is 1. The summed E-state index contributed by atoms with van der Waals surface area (Å²) in [5.74, 6) is 1.57. The van der Waals surface area contributed by atoms with Crippen LogP contribution in [-0.2, 0) is 4.79 Å². The zero-order valence-corrected chi connectivity index (χ0v) is 9.96. The fourth-order valence-corrected chi connectivity index (χ4v) is 2.23. The molecule has 1 fully saturated rings. The average Bonchev–Trinajstić information content (AvgIpc) is 2.61. The lowest BCUT2D eigenvalue weighted by Gasteiger charge is -2.16. The maximum absolute atomic E-state index is 11.5. The highest BCUT2D eigenvalue weighted by Crippen LogP contribution is 2.30. The van der Waals surface area contributed by atoms with E-state index in [1.807, 2.05) is 6.92 Å². The molecule has 1 rings (SSSR count). The Balaban J connectivity index is 2.16. The van der Waals surface area contributed by atoms with Crippen molar-refractivity contribution in [3.63, 3.8) is 0 Å². The summed E-state index contributed by atoms with van der Waals surface area (Å²) >= 11 is 0. The van der Waals surface area contributed by atoms with Gasteiger partial charge in [0, 0.05) is 19.0 Å². The van der Waals surface area contributed by atoms with Crippen molar-refractivity contribution < 1.29 is 4.79 Å². The second kappa shape index (κ2) is 6.11. The minimum Gasteiger partial charge on any atom is -0.356 e. The van der Waals surface area contributed by atoms with Crippen molar-refractivity contribution in [3.05, 3.63) is 0 Å². The molecule has 3 unspecified atom stereocenters. The summed E-state index contributed by atoms with van der Waals surface area (Å²) < 4.78 is 0. The molecule has 3 N–H and O–H groups in total. The third-order valence-corrected chi connectivity index (χ3v) is 3.57. The van der Waals surface area contributed by atoms with E-state index in [9.17, 15) is 4.79 Å². The number of hydrogen-bond donors (Lipinski definition) is 2. The van der Waals surface area contributed by atoms with Crippen molar-refractivity contribution >= 4 is 5.91 Å². The smallest absolute Gasteiger partial charge is 0.221 e. The summed E-state index contributed by atoms with van der Waals surface area (Å²) in [7, 11) is 0. The second-order valence-corrected chi connectivity index (χ2v) is 4.84. The van der Waals surface area contributed by atoms with Crippen LogP contribution in [-0.4, -0.2) is 18.5 Å². The van der Waals surface area contributed by atoms with E-state index in [0.717, 1.165) is 18.9 Å². The molecule has 1 saturated carbocycles. The molecular formula is C12H24N2O. The summed E-state index contributed by atoms with van der Waals surface area (Å²) in [6, 6.07) is 0.0194. The SMILES string of the molecule is CCC(N)CC(=O)NCC1CCCC1C. The van der Waals surface area contributed by atoms with Crippen LogP contribution in [0.15, 0.2) is 0 Å². The molecule has 1 aliphatic rings. The predicted octanol–water partition coefficient (Wildman–Crippen LogP) is 1.67. The zero-order valence-electron chi connectivity index (χ0n) is 9.96. The third-order valence-electron chi connectivity index (χ3n) is 3.57. The van der Waals surface area contributed by atoms with Crippen LogP contribution in [0, 0.1) is 11.8 Å². The Morgan fingerprint density at radius 1 is 1.53 bits per heavy atom. The van der Waals surface area contributed by atoms with E-state index in [-0.39, 0.29) is 11.9 Å². The summed E-state index contributed by atoms with van der Waals surface area (Å²) in [4.78, 5) is 11.5. The Labute approximate surface area is 92.8 Å². The van der Waals surface area contributed by atoms with Gasteiger partial charge >= 0.3 is 0 Å². The van der Waals surface area contributed by atoms with E-state index in [2.05, 4.69) is 12.2 Å². The molecule has 3 heteroatoms. The Morgan fingerprint density at radius 2 is 2.27 bits per heavy atom. The zero-order chi connectivity index (χ0) is 11.3. The third kappa shape index (κ3) is 4.20. The van der Waals surface area contributed by atoms with Gasteiger partial charge in [-0.15, -0.1) is 0 Å². The summed E-state index contributed by atoms with van der Waals surface area (Å²) in [5, 5.41) is 3.00. The fraction of sp³-hybridized carbons (Fsp3) is 0.917. The first-order valence-corrected chi connectivity index (χ1v) is 6.15. The molecule has 1 aliphatic carbocycles. The molecule has 3 atom stereocenters. The highest BCUT2D eigenvalue weighted by Gasteiger charge is 2.23. The van der Waals surface area contributed by atoms with Crippen LogP contribution < -0.4 is 11.1 Å². The predicted molar refractivity (Wildman–Crippen MR) is 62.4 cm³/mol. The van der Waals surface area contributed by atoms with Gasteiger partial charge in [0.15, 0.2) is 0 Å². The number of nitrogens with two attached hydrogens (primary N) is 1. The van der Waals surface area contributed by atoms with Gasteiger partial charge in [0.25, 0.3) is 0 Å². The van der Waals surface area contributed by atoms with Crippen molar-refractivity contribution in [2.75, 3.05) is 6.54 Å². The Hall–Kier alpha value is -0.570. The standard InChI is InChI=1S/C12H24N2O/c1-3-11(13)7-12(15)14-8-10-6-4-5-9(10)2/h9-11H,3-8,13H2,1-2H3,(H,14,15). The minimum absolute atomic E-state index is 0.0194. The Kier molecular flexibility index (Phi) is 5.09. The van der Waals surface area contributed by atoms with Gasteiger partial charge in [-0.3, -0.25) is 4.79 Å². The van der Waals surface area contributed by atoms with E-state index >= 15 is 0 Å². The molecule has 0 radical (unpaired) electrons. The van der Waals surface area contributed by atoms with E-state index in [0.29, 0.717) is 12.3 Å². The first-order chi connectivity index (χ1) is 7.13. The number of rotatable bonds is 5. The molecule has 15 heavy (non-hydrogen) atoms. The van der Waals surface area contributed by atoms with E-state index < -0.39 is 0 Å². The van der Waals surface area contributed by atoms with Gasteiger partial charge in [0.2, 0.25) is 5.91 Å². The van der Waals surface area contributed by atoms with Gasteiger partial charge in [-0.2, -0.15) is 0 Å². The molecule has 0 aromatic heterocycles. The van der Waals surface area contributed by atoms with Crippen LogP contribution in [0.4, 0.5) is 0 Å². The molecule has 0 aromatic rings. The van der Waals surface area contributed by atoms with Gasteiger partial charge in [-0.1, -0.05) is 26.7 Å². The maximum Gasteiger partial charge on any atom is 0.221 e. The highest BCUT2D eigenvalue weighted by atomic mass is 16.1. The van der Waals surface area contributed by atoms with Crippen LogP contribution in [0.2, 0.25) is 0 Å². The number of carbonyl (C=O) groups excluding carboxylic acids is 1. The average molecular weight is 212 g/mol. The van der Waals surface area contributed by atoms with Crippen molar-refractivity contribution in [2.24, 2.45) is 17.6 Å². The number of amides is 1. The summed E-state index contributed by atoms with van der Waals surface area (Å²) in [5.41, 5.74) is 5.72. The number of nitrogens with one attached hydrogen (secondary N) is 1. The van der Waals surface area contributed by atoms with Crippen molar-refractivity contribution in [2.45, 2.75) is 52.0 Å². The van der Waals surface area contributed by atoms with Crippen molar-refractivity contribution in [1.29, 1.82) is 0 Å². The van der Waals surface area contributed by atoms with Crippen LogP contribution in [0.3, 0.4) is 0 Å². The molecule has 0 spiro atoms. The van der Waals surface area contributed by atoms with Crippen LogP contribution in [0.5, 0.6) is 0 Å². The van der Waals surface area contributed by atoms with Gasteiger partial charge < -0.3 is 11.1 Å². The number of hydrogen-bond acceptors (Lipinski definition) is 2.